The first-order valence-corrected chi connectivity index (χ1v) is 10.2. The molecule has 2 atom stereocenters. The van der Waals surface area contributed by atoms with E-state index in [0.29, 0.717) is 18.4 Å². The summed E-state index contributed by atoms with van der Waals surface area (Å²) in [5, 5.41) is 0. The van der Waals surface area contributed by atoms with E-state index in [1.165, 1.54) is 12.5 Å². The second-order valence-corrected chi connectivity index (χ2v) is 6.85. The third kappa shape index (κ3) is 8.36. The van der Waals surface area contributed by atoms with Gasteiger partial charge in [0, 0.05) is 18.9 Å². The van der Waals surface area contributed by atoms with Crippen LogP contribution in [0, 0.1) is 11.8 Å². The standard InChI is InChI=1S/C26H28O4/c1-3-4-7-19-24(20-13-12-16-22-14-8-5-9-15-22)30-26(28)25(29-21(2)27)23-17-10-6-11-18-23/h3,5-6,8-11,14-15,17-18,24-25H,1,4,7,12,16,19H2,2H3/t24-,25+/m0/s1. The molecule has 2 aromatic rings. The van der Waals surface area contributed by atoms with Gasteiger partial charge in [0.25, 0.3) is 0 Å². The lowest BCUT2D eigenvalue weighted by Crippen LogP contribution is -2.25. The summed E-state index contributed by atoms with van der Waals surface area (Å²) >= 11 is 0. The number of ether oxygens (including phenoxy) is 2. The molecule has 0 bridgehead atoms. The Balaban J connectivity index is 2.05. The maximum Gasteiger partial charge on any atom is 0.353 e. The minimum absolute atomic E-state index is 0.544. The van der Waals surface area contributed by atoms with Crippen LogP contribution in [0.3, 0.4) is 0 Å². The molecule has 4 nitrogen and oxygen atoms in total. The van der Waals surface area contributed by atoms with Crippen LogP contribution in [0.25, 0.3) is 0 Å². The molecule has 0 saturated heterocycles. The molecule has 0 aromatic heterocycles. The number of rotatable bonds is 10. The maximum atomic E-state index is 12.8. The Kier molecular flexibility index (Phi) is 9.96. The Morgan fingerprint density at radius 2 is 1.70 bits per heavy atom. The Morgan fingerprint density at radius 3 is 2.33 bits per heavy atom. The van der Waals surface area contributed by atoms with Gasteiger partial charge in [0.15, 0.2) is 6.10 Å². The lowest BCUT2D eigenvalue weighted by Gasteiger charge is -2.19. The predicted molar refractivity (Wildman–Crippen MR) is 117 cm³/mol. The van der Waals surface area contributed by atoms with E-state index in [0.717, 1.165) is 19.3 Å². The second-order valence-electron chi connectivity index (χ2n) is 6.85. The van der Waals surface area contributed by atoms with Gasteiger partial charge in [0.05, 0.1) is 0 Å². The molecule has 4 heteroatoms. The van der Waals surface area contributed by atoms with E-state index in [1.807, 2.05) is 30.3 Å². The lowest BCUT2D eigenvalue weighted by molar-refractivity contribution is -0.169. The van der Waals surface area contributed by atoms with E-state index in [1.54, 1.807) is 24.3 Å². The van der Waals surface area contributed by atoms with Crippen molar-refractivity contribution in [1.29, 1.82) is 0 Å². The van der Waals surface area contributed by atoms with E-state index in [2.05, 4.69) is 30.6 Å². The maximum absolute atomic E-state index is 12.8. The predicted octanol–water partition coefficient (Wildman–Crippen LogP) is 5.20. The molecule has 0 saturated carbocycles. The van der Waals surface area contributed by atoms with Crippen molar-refractivity contribution in [2.75, 3.05) is 0 Å². The van der Waals surface area contributed by atoms with Crippen molar-refractivity contribution in [2.24, 2.45) is 0 Å². The molecule has 0 spiro atoms. The highest BCUT2D eigenvalue weighted by molar-refractivity contribution is 5.80. The van der Waals surface area contributed by atoms with Crippen molar-refractivity contribution < 1.29 is 19.1 Å². The van der Waals surface area contributed by atoms with Crippen molar-refractivity contribution in [3.05, 3.63) is 84.4 Å². The van der Waals surface area contributed by atoms with Crippen LogP contribution >= 0.6 is 0 Å². The third-order valence-electron chi connectivity index (χ3n) is 4.38. The molecule has 0 aliphatic heterocycles. The van der Waals surface area contributed by atoms with Gasteiger partial charge in [0.2, 0.25) is 6.10 Å². The number of aryl methyl sites for hydroxylation is 1. The van der Waals surface area contributed by atoms with Crippen LogP contribution in [-0.2, 0) is 25.5 Å². The Morgan fingerprint density at radius 1 is 1.03 bits per heavy atom. The van der Waals surface area contributed by atoms with Crippen molar-refractivity contribution in [1.82, 2.24) is 0 Å². The number of benzene rings is 2. The highest BCUT2D eigenvalue weighted by Gasteiger charge is 2.27. The molecule has 156 valence electrons. The average molecular weight is 405 g/mol. The van der Waals surface area contributed by atoms with E-state index >= 15 is 0 Å². The monoisotopic (exact) mass is 404 g/mol. The topological polar surface area (TPSA) is 52.6 Å². The van der Waals surface area contributed by atoms with Crippen LogP contribution < -0.4 is 0 Å². The lowest BCUT2D eigenvalue weighted by atomic mass is 10.1. The van der Waals surface area contributed by atoms with Gasteiger partial charge in [-0.1, -0.05) is 78.6 Å². The molecule has 30 heavy (non-hydrogen) atoms. The quantitative estimate of drug-likeness (QED) is 0.237. The molecule has 0 unspecified atom stereocenters. The molecule has 0 N–H and O–H groups in total. The van der Waals surface area contributed by atoms with Gasteiger partial charge < -0.3 is 9.47 Å². The Bertz CT molecular complexity index is 862. The number of esters is 2. The summed E-state index contributed by atoms with van der Waals surface area (Å²) in [7, 11) is 0. The Hall–Kier alpha value is -3.32. The fourth-order valence-corrected chi connectivity index (χ4v) is 2.89. The van der Waals surface area contributed by atoms with Gasteiger partial charge in [-0.15, -0.1) is 6.58 Å². The van der Waals surface area contributed by atoms with E-state index in [4.69, 9.17) is 9.47 Å². The van der Waals surface area contributed by atoms with Gasteiger partial charge in [0.1, 0.15) is 0 Å². The van der Waals surface area contributed by atoms with Crippen LogP contribution in [0.1, 0.15) is 49.8 Å². The zero-order valence-corrected chi connectivity index (χ0v) is 17.4. The SMILES string of the molecule is C=CCCC[C@@H](C#CCCc1ccccc1)OC(=O)[C@H](OC(C)=O)c1ccccc1. The van der Waals surface area contributed by atoms with Crippen molar-refractivity contribution in [3.63, 3.8) is 0 Å². The summed E-state index contributed by atoms with van der Waals surface area (Å²) in [5.41, 5.74) is 1.78. The first kappa shape index (κ1) is 23.0. The first-order valence-electron chi connectivity index (χ1n) is 10.2. The summed E-state index contributed by atoms with van der Waals surface area (Å²) in [6, 6.07) is 19.0. The van der Waals surface area contributed by atoms with Crippen LogP contribution in [0.5, 0.6) is 0 Å². The van der Waals surface area contributed by atoms with E-state index in [-0.39, 0.29) is 0 Å². The number of allylic oxidation sites excluding steroid dienone is 1. The zero-order valence-electron chi connectivity index (χ0n) is 17.4. The molecule has 0 heterocycles. The minimum Gasteiger partial charge on any atom is -0.446 e. The molecular weight excluding hydrogens is 376 g/mol. The highest BCUT2D eigenvalue weighted by Crippen LogP contribution is 2.21. The summed E-state index contributed by atoms with van der Waals surface area (Å²) in [6.07, 6.45) is 3.88. The summed E-state index contributed by atoms with van der Waals surface area (Å²) in [6.45, 7) is 5.00. The first-order chi connectivity index (χ1) is 14.6. The molecule has 0 fully saturated rings. The van der Waals surface area contributed by atoms with Crippen LogP contribution in [0.15, 0.2) is 73.3 Å². The molecule has 2 rings (SSSR count). The summed E-state index contributed by atoms with van der Waals surface area (Å²) in [5.74, 6) is 5.04. The number of hydrogen-bond acceptors (Lipinski definition) is 4. The zero-order chi connectivity index (χ0) is 21.6. The van der Waals surface area contributed by atoms with Crippen molar-refractivity contribution >= 4 is 11.9 Å². The van der Waals surface area contributed by atoms with Gasteiger partial charge in [-0.25, -0.2) is 4.79 Å². The number of unbranched alkanes of at least 4 members (excludes halogenated alkanes) is 1. The molecule has 0 radical (unpaired) electrons. The fraction of sp³-hybridized carbons (Fsp3) is 0.308. The molecular formula is C26H28O4. The van der Waals surface area contributed by atoms with E-state index < -0.39 is 24.1 Å². The fourth-order valence-electron chi connectivity index (χ4n) is 2.89. The Labute approximate surface area is 178 Å². The number of carbonyl (C=O) groups excluding carboxylic acids is 2. The number of carbonyl (C=O) groups is 2. The van der Waals surface area contributed by atoms with Crippen molar-refractivity contribution in [2.45, 2.75) is 51.2 Å². The van der Waals surface area contributed by atoms with Crippen LogP contribution in [0.4, 0.5) is 0 Å². The van der Waals surface area contributed by atoms with Gasteiger partial charge in [-0.3, -0.25) is 4.79 Å². The third-order valence-corrected chi connectivity index (χ3v) is 4.38. The molecule has 0 aliphatic rings. The van der Waals surface area contributed by atoms with Crippen LogP contribution in [0.2, 0.25) is 0 Å². The average Bonchev–Trinajstić information content (AvgIpc) is 2.76. The normalized spacial score (nSPS) is 12.0. The number of hydrogen-bond donors (Lipinski definition) is 0. The molecule has 0 amide bonds. The smallest absolute Gasteiger partial charge is 0.353 e. The highest BCUT2D eigenvalue weighted by atomic mass is 16.6. The summed E-state index contributed by atoms with van der Waals surface area (Å²) < 4.78 is 10.9. The summed E-state index contributed by atoms with van der Waals surface area (Å²) in [4.78, 5) is 24.3. The van der Waals surface area contributed by atoms with Gasteiger partial charge in [-0.05, 0) is 31.2 Å². The molecule has 0 aliphatic carbocycles. The van der Waals surface area contributed by atoms with Gasteiger partial charge in [-0.2, -0.15) is 0 Å². The largest absolute Gasteiger partial charge is 0.446 e. The van der Waals surface area contributed by atoms with E-state index in [9.17, 15) is 9.59 Å². The minimum atomic E-state index is -1.10. The second kappa shape index (κ2) is 13.0. The van der Waals surface area contributed by atoms with Crippen molar-refractivity contribution in [3.8, 4) is 11.8 Å². The van der Waals surface area contributed by atoms with Crippen LogP contribution in [-0.4, -0.2) is 18.0 Å². The molecule has 2 aromatic carbocycles. The van der Waals surface area contributed by atoms with Gasteiger partial charge >= 0.3 is 11.9 Å².